The predicted octanol–water partition coefficient (Wildman–Crippen LogP) is 3.26. The summed E-state index contributed by atoms with van der Waals surface area (Å²) in [7, 11) is 1.56. The Morgan fingerprint density at radius 2 is 2.07 bits per heavy atom. The zero-order valence-electron chi connectivity index (χ0n) is 17.3. The van der Waals surface area contributed by atoms with Gasteiger partial charge in [0.1, 0.15) is 0 Å². The number of carbonyl (C=O) groups is 1. The van der Waals surface area contributed by atoms with Gasteiger partial charge in [0.2, 0.25) is 5.91 Å². The summed E-state index contributed by atoms with van der Waals surface area (Å²) in [6.07, 6.45) is 4.51. The van der Waals surface area contributed by atoms with Gasteiger partial charge in [0.05, 0.1) is 19.9 Å². The Morgan fingerprint density at radius 3 is 2.87 bits per heavy atom. The van der Waals surface area contributed by atoms with E-state index in [9.17, 15) is 4.79 Å². The summed E-state index contributed by atoms with van der Waals surface area (Å²) in [6.45, 7) is 3.14. The molecule has 1 aromatic heterocycles. The molecule has 7 heteroatoms. The highest BCUT2D eigenvalue weighted by Crippen LogP contribution is 2.27. The highest BCUT2D eigenvalue weighted by Gasteiger charge is 2.07. The number of para-hydroxylation sites is 1. The lowest BCUT2D eigenvalue weighted by atomic mass is 10.2. The lowest BCUT2D eigenvalue weighted by Crippen LogP contribution is -2.19. The summed E-state index contributed by atoms with van der Waals surface area (Å²) in [5.74, 6) is 1.01. The molecule has 0 atom stereocenters. The Bertz CT molecular complexity index is 1030. The maximum absolute atomic E-state index is 12.2. The van der Waals surface area contributed by atoms with Gasteiger partial charge in [0.15, 0.2) is 11.5 Å². The Kier molecular flexibility index (Phi) is 7.45. The molecule has 0 spiro atoms. The van der Waals surface area contributed by atoms with Crippen LogP contribution in [0.3, 0.4) is 0 Å². The SMILES string of the molecule is COc1cc(/C=N\NC(=O)CCn2cc(C)c3ccccc32)ccc1OCCCO. The summed E-state index contributed by atoms with van der Waals surface area (Å²) in [5, 5.41) is 14.1. The van der Waals surface area contributed by atoms with Crippen LogP contribution in [0, 0.1) is 6.92 Å². The van der Waals surface area contributed by atoms with Gasteiger partial charge in [0.25, 0.3) is 0 Å². The van der Waals surface area contributed by atoms with E-state index < -0.39 is 0 Å². The fourth-order valence-electron chi connectivity index (χ4n) is 3.20. The summed E-state index contributed by atoms with van der Waals surface area (Å²) in [6, 6.07) is 13.5. The average molecular weight is 409 g/mol. The molecule has 0 aliphatic carbocycles. The number of aryl methyl sites for hydroxylation is 2. The minimum absolute atomic E-state index is 0.0763. The zero-order chi connectivity index (χ0) is 21.3. The van der Waals surface area contributed by atoms with E-state index in [1.807, 2.05) is 18.2 Å². The highest BCUT2D eigenvalue weighted by molar-refractivity contribution is 5.85. The number of hydrazone groups is 1. The topological polar surface area (TPSA) is 85.1 Å². The first kappa shape index (κ1) is 21.4. The molecule has 3 rings (SSSR count). The second kappa shape index (κ2) is 10.5. The van der Waals surface area contributed by atoms with Gasteiger partial charge in [-0.1, -0.05) is 18.2 Å². The maximum Gasteiger partial charge on any atom is 0.241 e. The molecule has 158 valence electrons. The number of aliphatic hydroxyl groups is 1. The Hall–Kier alpha value is -3.32. The van der Waals surface area contributed by atoms with Crippen LogP contribution in [0.1, 0.15) is 24.0 Å². The molecule has 0 unspecified atom stereocenters. The number of ether oxygens (including phenoxy) is 2. The molecule has 0 bridgehead atoms. The average Bonchev–Trinajstić information content (AvgIpc) is 3.09. The second-order valence-corrected chi connectivity index (χ2v) is 6.90. The van der Waals surface area contributed by atoms with E-state index >= 15 is 0 Å². The number of fused-ring (bicyclic) bond motifs is 1. The molecule has 7 nitrogen and oxygen atoms in total. The number of carbonyl (C=O) groups excluding carboxylic acids is 1. The number of hydrogen-bond acceptors (Lipinski definition) is 5. The lowest BCUT2D eigenvalue weighted by Gasteiger charge is -2.10. The first-order valence-corrected chi connectivity index (χ1v) is 9.90. The number of methoxy groups -OCH3 is 1. The minimum Gasteiger partial charge on any atom is -0.493 e. The summed E-state index contributed by atoms with van der Waals surface area (Å²) < 4.78 is 13.0. The monoisotopic (exact) mass is 409 g/mol. The van der Waals surface area contributed by atoms with Crippen LogP contribution >= 0.6 is 0 Å². The molecule has 1 amide bonds. The fraction of sp³-hybridized carbons (Fsp3) is 0.304. The van der Waals surface area contributed by atoms with Crippen LogP contribution in [0.5, 0.6) is 11.5 Å². The Labute approximate surface area is 175 Å². The molecule has 3 aromatic rings. The second-order valence-electron chi connectivity index (χ2n) is 6.90. The predicted molar refractivity (Wildman–Crippen MR) is 117 cm³/mol. The smallest absolute Gasteiger partial charge is 0.241 e. The van der Waals surface area contributed by atoms with Crippen molar-refractivity contribution < 1.29 is 19.4 Å². The molecule has 0 aliphatic rings. The van der Waals surface area contributed by atoms with Gasteiger partial charge in [-0.05, 0) is 42.3 Å². The van der Waals surface area contributed by atoms with Gasteiger partial charge >= 0.3 is 0 Å². The number of hydrogen-bond donors (Lipinski definition) is 2. The Balaban J connectivity index is 1.53. The normalized spacial score (nSPS) is 11.2. The van der Waals surface area contributed by atoms with E-state index in [-0.39, 0.29) is 12.5 Å². The van der Waals surface area contributed by atoms with Crippen molar-refractivity contribution >= 4 is 23.0 Å². The third-order valence-electron chi connectivity index (χ3n) is 4.72. The molecule has 1 heterocycles. The van der Waals surface area contributed by atoms with Crippen molar-refractivity contribution in [2.24, 2.45) is 5.10 Å². The van der Waals surface area contributed by atoms with E-state index in [1.54, 1.807) is 25.5 Å². The van der Waals surface area contributed by atoms with Gasteiger partial charge < -0.3 is 19.1 Å². The summed E-state index contributed by atoms with van der Waals surface area (Å²) in [5.41, 5.74) is 5.66. The summed E-state index contributed by atoms with van der Waals surface area (Å²) in [4.78, 5) is 12.2. The van der Waals surface area contributed by atoms with Crippen LogP contribution < -0.4 is 14.9 Å². The van der Waals surface area contributed by atoms with Gasteiger partial charge in [-0.25, -0.2) is 5.43 Å². The third-order valence-corrected chi connectivity index (χ3v) is 4.72. The maximum atomic E-state index is 12.2. The van der Waals surface area contributed by atoms with Crippen LogP contribution in [0.2, 0.25) is 0 Å². The minimum atomic E-state index is -0.155. The number of aliphatic hydroxyl groups excluding tert-OH is 1. The van der Waals surface area contributed by atoms with Crippen molar-refractivity contribution in [3.8, 4) is 11.5 Å². The zero-order valence-corrected chi connectivity index (χ0v) is 17.3. The van der Waals surface area contributed by atoms with E-state index in [4.69, 9.17) is 14.6 Å². The molecular formula is C23H27N3O4. The molecule has 0 saturated heterocycles. The van der Waals surface area contributed by atoms with Crippen LogP contribution in [0.25, 0.3) is 10.9 Å². The van der Waals surface area contributed by atoms with Gasteiger partial charge in [-0.15, -0.1) is 0 Å². The van der Waals surface area contributed by atoms with E-state index in [0.29, 0.717) is 37.5 Å². The van der Waals surface area contributed by atoms with Crippen molar-refractivity contribution in [1.82, 2.24) is 9.99 Å². The van der Waals surface area contributed by atoms with E-state index in [2.05, 4.69) is 40.3 Å². The first-order chi connectivity index (χ1) is 14.6. The van der Waals surface area contributed by atoms with Crippen LogP contribution in [0.15, 0.2) is 53.8 Å². The molecule has 0 fully saturated rings. The summed E-state index contributed by atoms with van der Waals surface area (Å²) >= 11 is 0. The fourth-order valence-corrected chi connectivity index (χ4v) is 3.20. The quantitative estimate of drug-likeness (QED) is 0.306. The molecule has 0 saturated carbocycles. The van der Waals surface area contributed by atoms with Crippen LogP contribution in [0.4, 0.5) is 0 Å². The van der Waals surface area contributed by atoms with Crippen molar-refractivity contribution in [3.63, 3.8) is 0 Å². The standard InChI is InChI=1S/C23H27N3O4/c1-17-16-26(20-7-4-3-6-19(17)20)11-10-23(28)25-24-15-18-8-9-21(22(14-18)29-2)30-13-5-12-27/h3-4,6-9,14-16,27H,5,10-13H2,1-2H3,(H,25,28)/b24-15-. The molecule has 0 aliphatic heterocycles. The van der Waals surface area contributed by atoms with Crippen molar-refractivity contribution in [1.29, 1.82) is 0 Å². The number of nitrogens with one attached hydrogen (secondary N) is 1. The van der Waals surface area contributed by atoms with E-state index in [0.717, 1.165) is 11.1 Å². The Morgan fingerprint density at radius 1 is 1.23 bits per heavy atom. The highest BCUT2D eigenvalue weighted by atomic mass is 16.5. The van der Waals surface area contributed by atoms with Crippen LogP contribution in [-0.2, 0) is 11.3 Å². The lowest BCUT2D eigenvalue weighted by molar-refractivity contribution is -0.121. The number of amides is 1. The van der Waals surface area contributed by atoms with Gasteiger partial charge in [-0.3, -0.25) is 4.79 Å². The van der Waals surface area contributed by atoms with Crippen molar-refractivity contribution in [2.75, 3.05) is 20.3 Å². The van der Waals surface area contributed by atoms with Crippen molar-refractivity contribution in [3.05, 3.63) is 59.8 Å². The van der Waals surface area contributed by atoms with Gasteiger partial charge in [-0.2, -0.15) is 5.10 Å². The molecular weight excluding hydrogens is 382 g/mol. The molecule has 2 N–H and O–H groups in total. The number of benzene rings is 2. The molecule has 0 radical (unpaired) electrons. The third kappa shape index (κ3) is 5.39. The first-order valence-electron chi connectivity index (χ1n) is 9.90. The van der Waals surface area contributed by atoms with Gasteiger partial charge in [0, 0.05) is 43.1 Å². The number of nitrogens with zero attached hydrogens (tertiary/aromatic N) is 2. The van der Waals surface area contributed by atoms with Crippen LogP contribution in [-0.4, -0.2) is 42.1 Å². The number of aromatic nitrogens is 1. The molecule has 30 heavy (non-hydrogen) atoms. The largest absolute Gasteiger partial charge is 0.493 e. The van der Waals surface area contributed by atoms with Crippen molar-refractivity contribution in [2.45, 2.75) is 26.3 Å². The van der Waals surface area contributed by atoms with E-state index in [1.165, 1.54) is 10.9 Å². The number of rotatable bonds is 10. The molecule has 2 aromatic carbocycles.